The molecule has 0 bridgehead atoms. The van der Waals surface area contributed by atoms with Gasteiger partial charge in [-0.3, -0.25) is 9.59 Å². The third kappa shape index (κ3) is 3.61. The zero-order chi connectivity index (χ0) is 18.1. The van der Waals surface area contributed by atoms with Gasteiger partial charge in [0.1, 0.15) is 0 Å². The molecule has 2 fully saturated rings. The zero-order valence-corrected chi connectivity index (χ0v) is 16.1. The van der Waals surface area contributed by atoms with Crippen LogP contribution in [0.5, 0.6) is 0 Å². The molecule has 8 nitrogen and oxygen atoms in total. The summed E-state index contributed by atoms with van der Waals surface area (Å²) in [6.45, 7) is 2.43. The number of thioether (sulfide) groups is 1. The van der Waals surface area contributed by atoms with Crippen molar-refractivity contribution < 1.29 is 9.59 Å². The summed E-state index contributed by atoms with van der Waals surface area (Å²) in [5.74, 6) is 1.15. The molecule has 0 N–H and O–H groups in total. The maximum Gasteiger partial charge on any atom is 0.233 e. The molecule has 138 valence electrons. The van der Waals surface area contributed by atoms with E-state index < -0.39 is 0 Å². The predicted molar refractivity (Wildman–Crippen MR) is 97.8 cm³/mol. The van der Waals surface area contributed by atoms with E-state index in [-0.39, 0.29) is 17.7 Å². The van der Waals surface area contributed by atoms with Gasteiger partial charge in [0, 0.05) is 49.9 Å². The number of aryl methyl sites for hydroxylation is 1. The molecule has 0 aromatic carbocycles. The van der Waals surface area contributed by atoms with Gasteiger partial charge in [0.2, 0.25) is 17.0 Å². The average molecular weight is 393 g/mol. The van der Waals surface area contributed by atoms with Gasteiger partial charge in [-0.05, 0) is 28.3 Å². The van der Waals surface area contributed by atoms with Gasteiger partial charge in [-0.1, -0.05) is 17.8 Å². The van der Waals surface area contributed by atoms with Crippen LogP contribution < -0.4 is 0 Å². The number of tetrazole rings is 1. The molecule has 10 heteroatoms. The van der Waals surface area contributed by atoms with Crippen molar-refractivity contribution >= 4 is 34.9 Å². The van der Waals surface area contributed by atoms with E-state index in [2.05, 4.69) is 27.0 Å². The molecule has 0 spiro atoms. The molecule has 2 aromatic rings. The highest BCUT2D eigenvalue weighted by atomic mass is 32.2. The maximum atomic E-state index is 12.7. The summed E-state index contributed by atoms with van der Waals surface area (Å²) >= 11 is 3.06. The van der Waals surface area contributed by atoms with Crippen molar-refractivity contribution in [1.29, 1.82) is 0 Å². The van der Waals surface area contributed by atoms with Gasteiger partial charge in [-0.25, -0.2) is 4.68 Å². The molecule has 3 heterocycles. The molecule has 1 saturated carbocycles. The number of hydrogen-bond donors (Lipinski definition) is 0. The van der Waals surface area contributed by atoms with Crippen molar-refractivity contribution in [3.63, 3.8) is 0 Å². The second-order valence-corrected chi connectivity index (χ2v) is 8.47. The van der Waals surface area contributed by atoms with Crippen LogP contribution in [0.25, 0.3) is 0 Å². The molecule has 0 radical (unpaired) electrons. The summed E-state index contributed by atoms with van der Waals surface area (Å²) in [7, 11) is 1.75. The van der Waals surface area contributed by atoms with E-state index in [1.54, 1.807) is 23.1 Å². The molecule has 1 aliphatic heterocycles. The van der Waals surface area contributed by atoms with E-state index in [4.69, 9.17) is 0 Å². The van der Waals surface area contributed by atoms with Crippen LogP contribution in [0, 0.1) is 5.92 Å². The molecule has 2 aromatic heterocycles. The lowest BCUT2D eigenvalue weighted by Gasteiger charge is -2.35. The van der Waals surface area contributed by atoms with Crippen LogP contribution in [0.15, 0.2) is 22.7 Å². The second kappa shape index (κ2) is 7.36. The van der Waals surface area contributed by atoms with Gasteiger partial charge in [0.05, 0.1) is 5.75 Å². The minimum Gasteiger partial charge on any atom is -0.339 e. The Morgan fingerprint density at radius 2 is 2.04 bits per heavy atom. The van der Waals surface area contributed by atoms with Crippen LogP contribution in [-0.4, -0.2) is 73.8 Å². The van der Waals surface area contributed by atoms with Crippen molar-refractivity contribution in [1.82, 2.24) is 30.0 Å². The molecule has 2 aliphatic rings. The first-order valence-electron chi connectivity index (χ1n) is 8.58. The number of carbonyl (C=O) groups excluding carboxylic acids is 2. The lowest BCUT2D eigenvalue weighted by atomic mass is 10.2. The molecule has 1 aliphatic carbocycles. The van der Waals surface area contributed by atoms with E-state index >= 15 is 0 Å². The number of carbonyl (C=O) groups is 2. The first kappa shape index (κ1) is 17.5. The van der Waals surface area contributed by atoms with Crippen molar-refractivity contribution in [3.05, 3.63) is 22.4 Å². The summed E-state index contributed by atoms with van der Waals surface area (Å²) < 4.78 is 1.55. The largest absolute Gasteiger partial charge is 0.339 e. The van der Waals surface area contributed by atoms with Gasteiger partial charge in [-0.2, -0.15) is 0 Å². The summed E-state index contributed by atoms with van der Waals surface area (Å²) in [5.41, 5.74) is 0. The van der Waals surface area contributed by atoms with Crippen LogP contribution in [-0.2, 0) is 16.6 Å². The highest BCUT2D eigenvalue weighted by Gasteiger charge is 2.46. The van der Waals surface area contributed by atoms with Gasteiger partial charge in [0.25, 0.3) is 0 Å². The third-order valence-corrected chi connectivity index (χ3v) is 6.87. The van der Waals surface area contributed by atoms with Crippen molar-refractivity contribution in [3.8, 4) is 0 Å². The molecule has 0 unspecified atom stereocenters. The van der Waals surface area contributed by atoms with Crippen LogP contribution in [0.2, 0.25) is 0 Å². The fourth-order valence-electron chi connectivity index (χ4n) is 3.26. The van der Waals surface area contributed by atoms with E-state index in [0.717, 1.165) is 6.42 Å². The van der Waals surface area contributed by atoms with E-state index in [1.807, 2.05) is 15.9 Å². The van der Waals surface area contributed by atoms with Crippen LogP contribution in [0.3, 0.4) is 0 Å². The molecule has 26 heavy (non-hydrogen) atoms. The van der Waals surface area contributed by atoms with Crippen LogP contribution in [0.4, 0.5) is 0 Å². The van der Waals surface area contributed by atoms with Gasteiger partial charge in [-0.15, -0.1) is 16.4 Å². The number of amides is 2. The number of piperazine rings is 1. The lowest BCUT2D eigenvalue weighted by Crippen LogP contribution is -2.51. The minimum absolute atomic E-state index is 0.0629. The van der Waals surface area contributed by atoms with E-state index in [0.29, 0.717) is 43.0 Å². The van der Waals surface area contributed by atoms with Gasteiger partial charge >= 0.3 is 0 Å². The Hall–Kier alpha value is -1.94. The Morgan fingerprint density at radius 3 is 2.69 bits per heavy atom. The predicted octanol–water partition coefficient (Wildman–Crippen LogP) is 0.838. The summed E-state index contributed by atoms with van der Waals surface area (Å²) in [5, 5.41) is 13.9. The Balaban J connectivity index is 1.23. The maximum absolute atomic E-state index is 12.7. The van der Waals surface area contributed by atoms with Gasteiger partial charge < -0.3 is 9.80 Å². The monoisotopic (exact) mass is 392 g/mol. The second-order valence-electron chi connectivity index (χ2n) is 6.54. The number of thiophene rings is 1. The quantitative estimate of drug-likeness (QED) is 0.701. The number of nitrogens with zero attached hydrogens (tertiary/aromatic N) is 6. The smallest absolute Gasteiger partial charge is 0.233 e. The van der Waals surface area contributed by atoms with E-state index in [1.165, 1.54) is 16.6 Å². The Bertz CT molecular complexity index is 785. The van der Waals surface area contributed by atoms with Gasteiger partial charge in [0.15, 0.2) is 0 Å². The fourth-order valence-corrected chi connectivity index (χ4v) is 4.92. The molecule has 1 saturated heterocycles. The summed E-state index contributed by atoms with van der Waals surface area (Å²) in [4.78, 5) is 30.1. The zero-order valence-electron chi connectivity index (χ0n) is 14.4. The molecular formula is C16H20N6O2S2. The van der Waals surface area contributed by atoms with Crippen LogP contribution >= 0.6 is 23.1 Å². The highest BCUT2D eigenvalue weighted by molar-refractivity contribution is 7.99. The normalized spacial score (nSPS) is 22.5. The number of hydrogen-bond acceptors (Lipinski definition) is 7. The summed E-state index contributed by atoms with van der Waals surface area (Å²) in [6, 6.07) is 4.16. The number of rotatable bonds is 5. The molecule has 2 amide bonds. The van der Waals surface area contributed by atoms with Crippen molar-refractivity contribution in [2.45, 2.75) is 17.5 Å². The molecule has 2 atom stereocenters. The Kier molecular flexibility index (Phi) is 4.94. The SMILES string of the molecule is Cn1nnnc1SCC(=O)N1CCN(C(=O)[C@@H]2C[C@@H]2c2cccs2)CC1. The average Bonchev–Trinajstić information content (AvgIpc) is 3.06. The lowest BCUT2D eigenvalue weighted by molar-refractivity contribution is -0.139. The first-order chi connectivity index (χ1) is 12.6. The topological polar surface area (TPSA) is 84.2 Å². The van der Waals surface area contributed by atoms with Crippen molar-refractivity contribution in [2.24, 2.45) is 13.0 Å². The molecular weight excluding hydrogens is 372 g/mol. The highest BCUT2D eigenvalue weighted by Crippen LogP contribution is 2.50. The molecule has 4 rings (SSSR count). The fraction of sp³-hybridized carbons (Fsp3) is 0.562. The van der Waals surface area contributed by atoms with E-state index in [9.17, 15) is 9.59 Å². The Morgan fingerprint density at radius 1 is 1.27 bits per heavy atom. The number of aromatic nitrogens is 4. The minimum atomic E-state index is 0.0629. The van der Waals surface area contributed by atoms with Crippen molar-refractivity contribution in [2.75, 3.05) is 31.9 Å². The van der Waals surface area contributed by atoms with Crippen LogP contribution in [0.1, 0.15) is 17.2 Å². The standard InChI is InChI=1S/C16H20N6O2S2/c1-20-16(17-18-19-20)26-10-14(23)21-4-6-22(7-5-21)15(24)12-9-11(12)13-3-2-8-25-13/h2-3,8,11-12H,4-7,9-10H2,1H3/t11-,12+/m0/s1. The Labute approximate surface area is 159 Å². The summed E-state index contributed by atoms with van der Waals surface area (Å²) in [6.07, 6.45) is 0.959. The third-order valence-electron chi connectivity index (χ3n) is 4.87. The first-order valence-corrected chi connectivity index (χ1v) is 10.4.